The zero-order valence-electron chi connectivity index (χ0n) is 16.8. The number of nitrogens with one attached hydrogen (secondary N) is 2. The van der Waals surface area contributed by atoms with E-state index in [1.807, 2.05) is 34.7 Å². The van der Waals surface area contributed by atoms with Crippen molar-refractivity contribution in [3.8, 4) is 0 Å². The smallest absolute Gasteiger partial charge is 0.251 e. The van der Waals surface area contributed by atoms with Crippen LogP contribution in [0, 0.1) is 0 Å². The highest BCUT2D eigenvalue weighted by atomic mass is 16.5. The van der Waals surface area contributed by atoms with E-state index in [2.05, 4.69) is 15.6 Å². The van der Waals surface area contributed by atoms with E-state index in [1.54, 1.807) is 14.0 Å². The van der Waals surface area contributed by atoms with Gasteiger partial charge >= 0.3 is 0 Å². The fraction of sp³-hybridized carbons (Fsp3) is 0.550. The van der Waals surface area contributed by atoms with Gasteiger partial charge in [0.1, 0.15) is 0 Å². The van der Waals surface area contributed by atoms with E-state index >= 15 is 0 Å². The topological polar surface area (TPSA) is 88.5 Å². The van der Waals surface area contributed by atoms with Crippen LogP contribution in [0.1, 0.15) is 36.5 Å². The van der Waals surface area contributed by atoms with E-state index in [-0.39, 0.29) is 17.9 Å². The minimum atomic E-state index is -0.128. The van der Waals surface area contributed by atoms with Crippen LogP contribution in [0.4, 0.5) is 5.95 Å². The Bertz CT molecular complexity index is 848. The third-order valence-electron chi connectivity index (χ3n) is 5.18. The number of hydrogen-bond acceptors (Lipinski definition) is 5. The van der Waals surface area contributed by atoms with Crippen molar-refractivity contribution in [2.45, 2.75) is 32.2 Å². The number of aromatic nitrogens is 2. The van der Waals surface area contributed by atoms with Crippen LogP contribution in [-0.4, -0.2) is 65.7 Å². The molecule has 1 aliphatic heterocycles. The van der Waals surface area contributed by atoms with Gasteiger partial charge in [-0.15, -0.1) is 0 Å². The predicted molar refractivity (Wildman–Crippen MR) is 108 cm³/mol. The molecular formula is C20H29N5O3. The number of anilines is 1. The molecule has 2 aromatic rings. The molecule has 8 heteroatoms. The SMILES string of the molecule is COCCNc1nc2cc(C(=O)N[C@@H]3CCCCN(C(C)=O)C3)ccc2n1C. The van der Waals surface area contributed by atoms with Crippen LogP contribution in [0.2, 0.25) is 0 Å². The lowest BCUT2D eigenvalue weighted by molar-refractivity contribution is -0.129. The molecule has 1 atom stereocenters. The quantitative estimate of drug-likeness (QED) is 0.738. The Balaban J connectivity index is 1.71. The number of ether oxygens (including phenoxy) is 1. The van der Waals surface area contributed by atoms with Gasteiger partial charge in [-0.25, -0.2) is 4.98 Å². The van der Waals surface area contributed by atoms with Crippen molar-refractivity contribution in [3.05, 3.63) is 23.8 Å². The second kappa shape index (κ2) is 9.05. The summed E-state index contributed by atoms with van der Waals surface area (Å²) in [6, 6.07) is 5.52. The first-order chi connectivity index (χ1) is 13.5. The number of nitrogens with zero attached hydrogens (tertiary/aromatic N) is 3. The molecule has 2 amide bonds. The average molecular weight is 387 g/mol. The molecule has 1 fully saturated rings. The monoisotopic (exact) mass is 387 g/mol. The highest BCUT2D eigenvalue weighted by Gasteiger charge is 2.22. The first kappa shape index (κ1) is 20.1. The van der Waals surface area contributed by atoms with Gasteiger partial charge in [-0.1, -0.05) is 0 Å². The molecule has 2 heterocycles. The number of hydrogen-bond donors (Lipinski definition) is 2. The van der Waals surface area contributed by atoms with Crippen LogP contribution in [0.25, 0.3) is 11.0 Å². The molecule has 1 aromatic carbocycles. The van der Waals surface area contributed by atoms with Crippen LogP contribution >= 0.6 is 0 Å². The third-order valence-corrected chi connectivity index (χ3v) is 5.18. The number of benzene rings is 1. The molecular weight excluding hydrogens is 358 g/mol. The summed E-state index contributed by atoms with van der Waals surface area (Å²) in [6.07, 6.45) is 2.87. The van der Waals surface area contributed by atoms with E-state index in [4.69, 9.17) is 4.74 Å². The van der Waals surface area contributed by atoms with Gasteiger partial charge in [0.05, 0.1) is 17.6 Å². The van der Waals surface area contributed by atoms with E-state index in [1.165, 1.54) is 0 Å². The van der Waals surface area contributed by atoms with Crippen LogP contribution < -0.4 is 10.6 Å². The van der Waals surface area contributed by atoms with E-state index in [9.17, 15) is 9.59 Å². The Hall–Kier alpha value is -2.61. The fourth-order valence-electron chi connectivity index (χ4n) is 3.58. The number of carbonyl (C=O) groups excluding carboxylic acids is 2. The lowest BCUT2D eigenvalue weighted by atomic mass is 10.1. The Morgan fingerprint density at radius 1 is 1.32 bits per heavy atom. The fourth-order valence-corrected chi connectivity index (χ4v) is 3.58. The highest BCUT2D eigenvalue weighted by molar-refractivity contribution is 5.98. The first-order valence-electron chi connectivity index (χ1n) is 9.75. The lowest BCUT2D eigenvalue weighted by Crippen LogP contribution is -2.44. The molecule has 0 unspecified atom stereocenters. The lowest BCUT2D eigenvalue weighted by Gasteiger charge is -2.24. The minimum absolute atomic E-state index is 0.0235. The van der Waals surface area contributed by atoms with Gasteiger partial charge in [-0.05, 0) is 37.5 Å². The second-order valence-corrected chi connectivity index (χ2v) is 7.25. The Morgan fingerprint density at radius 3 is 2.89 bits per heavy atom. The molecule has 0 spiro atoms. The number of imidazole rings is 1. The molecule has 0 radical (unpaired) electrons. The highest BCUT2D eigenvalue weighted by Crippen LogP contribution is 2.20. The van der Waals surface area contributed by atoms with E-state index in [0.29, 0.717) is 25.3 Å². The summed E-state index contributed by atoms with van der Waals surface area (Å²) in [4.78, 5) is 30.9. The molecule has 28 heavy (non-hydrogen) atoms. The summed E-state index contributed by atoms with van der Waals surface area (Å²) < 4.78 is 7.02. The van der Waals surface area contributed by atoms with Crippen molar-refractivity contribution < 1.29 is 14.3 Å². The molecule has 1 aromatic heterocycles. The van der Waals surface area contributed by atoms with Crippen molar-refractivity contribution in [1.29, 1.82) is 0 Å². The van der Waals surface area contributed by atoms with Crippen LogP contribution in [0.5, 0.6) is 0 Å². The van der Waals surface area contributed by atoms with Crippen molar-refractivity contribution >= 4 is 28.8 Å². The third kappa shape index (κ3) is 4.62. The molecule has 3 rings (SSSR count). The van der Waals surface area contributed by atoms with Gasteiger partial charge in [0.2, 0.25) is 11.9 Å². The molecule has 1 saturated heterocycles. The second-order valence-electron chi connectivity index (χ2n) is 7.25. The van der Waals surface area contributed by atoms with Crippen LogP contribution in [0.3, 0.4) is 0 Å². The maximum Gasteiger partial charge on any atom is 0.251 e. The number of amides is 2. The van der Waals surface area contributed by atoms with Gasteiger partial charge in [-0.3, -0.25) is 9.59 Å². The number of carbonyl (C=O) groups is 2. The minimum Gasteiger partial charge on any atom is -0.383 e. The largest absolute Gasteiger partial charge is 0.383 e. The molecule has 1 aliphatic rings. The number of fused-ring (bicyclic) bond motifs is 1. The van der Waals surface area contributed by atoms with E-state index in [0.717, 1.165) is 42.8 Å². The Kier molecular flexibility index (Phi) is 6.51. The molecule has 2 N–H and O–H groups in total. The Labute approximate surface area is 165 Å². The molecule has 152 valence electrons. The van der Waals surface area contributed by atoms with Gasteiger partial charge in [0.25, 0.3) is 5.91 Å². The van der Waals surface area contributed by atoms with Gasteiger partial charge in [-0.2, -0.15) is 0 Å². The number of rotatable bonds is 6. The predicted octanol–water partition coefficient (Wildman–Crippen LogP) is 1.76. The zero-order chi connectivity index (χ0) is 20.1. The maximum atomic E-state index is 12.8. The van der Waals surface area contributed by atoms with E-state index < -0.39 is 0 Å². The van der Waals surface area contributed by atoms with Crippen molar-refractivity contribution in [3.63, 3.8) is 0 Å². The summed E-state index contributed by atoms with van der Waals surface area (Å²) in [5.74, 6) is 0.673. The van der Waals surface area contributed by atoms with Crippen LogP contribution in [-0.2, 0) is 16.6 Å². The van der Waals surface area contributed by atoms with Gasteiger partial charge in [0, 0.05) is 52.3 Å². The van der Waals surface area contributed by atoms with Gasteiger partial charge < -0.3 is 24.8 Å². The summed E-state index contributed by atoms with van der Waals surface area (Å²) in [5, 5.41) is 6.32. The van der Waals surface area contributed by atoms with Gasteiger partial charge in [0.15, 0.2) is 0 Å². The van der Waals surface area contributed by atoms with Crippen molar-refractivity contribution in [2.75, 3.05) is 38.7 Å². The average Bonchev–Trinajstić information content (AvgIpc) is 2.83. The molecule has 0 saturated carbocycles. The van der Waals surface area contributed by atoms with Crippen molar-refractivity contribution in [2.24, 2.45) is 7.05 Å². The van der Waals surface area contributed by atoms with Crippen LogP contribution in [0.15, 0.2) is 18.2 Å². The standard InChI is InChI=1S/C20H29N5O3/c1-14(26)25-10-5-4-6-16(13-25)22-19(27)15-7-8-18-17(12-15)23-20(24(18)2)21-9-11-28-3/h7-8,12,16H,4-6,9-11,13H2,1-3H3,(H,21,23)(H,22,27)/t16-/m1/s1. The summed E-state index contributed by atoms with van der Waals surface area (Å²) in [5.41, 5.74) is 2.29. The summed E-state index contributed by atoms with van der Waals surface area (Å²) >= 11 is 0. The zero-order valence-corrected chi connectivity index (χ0v) is 16.8. The summed E-state index contributed by atoms with van der Waals surface area (Å²) in [6.45, 7) is 4.17. The first-order valence-corrected chi connectivity index (χ1v) is 9.75. The maximum absolute atomic E-state index is 12.8. The number of methoxy groups -OCH3 is 1. The normalized spacial score (nSPS) is 17.4. The molecule has 0 bridgehead atoms. The molecule has 8 nitrogen and oxygen atoms in total. The Morgan fingerprint density at radius 2 is 2.14 bits per heavy atom. The number of likely N-dealkylation sites (tertiary alicyclic amines) is 1. The number of aryl methyl sites for hydroxylation is 1. The summed E-state index contributed by atoms with van der Waals surface area (Å²) in [7, 11) is 3.59. The van der Waals surface area contributed by atoms with Crippen molar-refractivity contribution in [1.82, 2.24) is 19.8 Å². The molecule has 0 aliphatic carbocycles.